The third kappa shape index (κ3) is 3.07. The molecule has 3 rings (SSSR count). The summed E-state index contributed by atoms with van der Waals surface area (Å²) in [4.78, 5) is 12.5. The highest BCUT2D eigenvalue weighted by Crippen LogP contribution is 2.40. The molecule has 2 heterocycles. The molecule has 1 unspecified atom stereocenters. The lowest BCUT2D eigenvalue weighted by atomic mass is 9.82. The van der Waals surface area contributed by atoms with Gasteiger partial charge in [-0.2, -0.15) is 5.26 Å². The summed E-state index contributed by atoms with van der Waals surface area (Å²) in [5.74, 6) is -0.186. The fourth-order valence-corrected chi connectivity index (χ4v) is 3.00. The number of nitriles is 1. The van der Waals surface area contributed by atoms with Gasteiger partial charge in [0.2, 0.25) is 5.88 Å². The molecular weight excluding hydrogens is 332 g/mol. The minimum absolute atomic E-state index is 0.00792. The van der Waals surface area contributed by atoms with Crippen molar-refractivity contribution in [2.24, 2.45) is 5.73 Å². The number of ether oxygens (including phenoxy) is 2. The Labute approximate surface area is 151 Å². The molecule has 132 valence electrons. The maximum absolute atomic E-state index is 12.5. The van der Waals surface area contributed by atoms with Gasteiger partial charge in [-0.3, -0.25) is 0 Å². The van der Waals surface area contributed by atoms with Crippen molar-refractivity contribution in [1.29, 1.82) is 5.26 Å². The van der Waals surface area contributed by atoms with E-state index in [9.17, 15) is 10.1 Å². The van der Waals surface area contributed by atoms with Crippen LogP contribution in [0.3, 0.4) is 0 Å². The predicted octanol–water partition coefficient (Wildman–Crippen LogP) is 3.59. The Bertz CT molecular complexity index is 933. The maximum Gasteiger partial charge on any atom is 0.338 e. The molecule has 0 saturated heterocycles. The minimum Gasteiger partial charge on any atom is -0.464 e. The molecule has 1 atom stereocenters. The normalized spacial score (nSPS) is 16.9. The van der Waals surface area contributed by atoms with Gasteiger partial charge in [0.05, 0.1) is 24.4 Å². The summed E-state index contributed by atoms with van der Waals surface area (Å²) in [7, 11) is 0. The van der Waals surface area contributed by atoms with E-state index < -0.39 is 11.9 Å². The van der Waals surface area contributed by atoms with Crippen molar-refractivity contribution in [3.8, 4) is 17.4 Å². The molecule has 2 N–H and O–H groups in total. The van der Waals surface area contributed by atoms with Crippen LogP contribution in [0.4, 0.5) is 0 Å². The summed E-state index contributed by atoms with van der Waals surface area (Å²) >= 11 is 0. The first-order chi connectivity index (χ1) is 12.6. The van der Waals surface area contributed by atoms with Crippen LogP contribution in [0.5, 0.6) is 0 Å². The maximum atomic E-state index is 12.5. The average molecular weight is 350 g/mol. The van der Waals surface area contributed by atoms with Crippen LogP contribution in [-0.2, 0) is 14.3 Å². The standard InChI is InChI=1S/C20H18N2O4/c1-3-24-20(23)17-12(2)26-19(22)15(11-21)18(17)14-7-4-6-13(10-14)16-8-5-9-25-16/h4-10,18H,3,22H2,1-2H3. The Morgan fingerprint density at radius 1 is 1.35 bits per heavy atom. The number of hydrogen-bond acceptors (Lipinski definition) is 6. The zero-order chi connectivity index (χ0) is 18.7. The highest BCUT2D eigenvalue weighted by Gasteiger charge is 2.36. The highest BCUT2D eigenvalue weighted by atomic mass is 16.5. The number of hydrogen-bond donors (Lipinski definition) is 1. The molecule has 0 fully saturated rings. The molecular formula is C20H18N2O4. The van der Waals surface area contributed by atoms with Gasteiger partial charge in [0, 0.05) is 5.56 Å². The van der Waals surface area contributed by atoms with Crippen LogP contribution in [0.25, 0.3) is 11.3 Å². The van der Waals surface area contributed by atoms with Crippen LogP contribution in [0.1, 0.15) is 25.3 Å². The van der Waals surface area contributed by atoms with Gasteiger partial charge in [-0.25, -0.2) is 4.79 Å². The summed E-state index contributed by atoms with van der Waals surface area (Å²) < 4.78 is 16.0. The monoisotopic (exact) mass is 350 g/mol. The van der Waals surface area contributed by atoms with Crippen molar-refractivity contribution < 1.29 is 18.7 Å². The number of benzene rings is 1. The molecule has 6 nitrogen and oxygen atoms in total. The molecule has 1 aromatic carbocycles. The van der Waals surface area contributed by atoms with E-state index in [1.165, 1.54) is 0 Å². The van der Waals surface area contributed by atoms with Crippen LogP contribution in [0.2, 0.25) is 0 Å². The summed E-state index contributed by atoms with van der Waals surface area (Å²) in [5, 5.41) is 9.60. The molecule has 6 heteroatoms. The van der Waals surface area contributed by atoms with Crippen LogP contribution in [0, 0.1) is 11.3 Å². The van der Waals surface area contributed by atoms with Gasteiger partial charge in [0.25, 0.3) is 0 Å². The summed E-state index contributed by atoms with van der Waals surface area (Å²) in [5.41, 5.74) is 7.91. The van der Waals surface area contributed by atoms with Gasteiger partial charge in [0.1, 0.15) is 23.2 Å². The third-order valence-electron chi connectivity index (χ3n) is 4.13. The summed E-state index contributed by atoms with van der Waals surface area (Å²) in [6.07, 6.45) is 1.59. The fourth-order valence-electron chi connectivity index (χ4n) is 3.00. The number of nitrogens with two attached hydrogens (primary N) is 1. The van der Waals surface area contributed by atoms with E-state index in [0.29, 0.717) is 11.5 Å². The van der Waals surface area contributed by atoms with Gasteiger partial charge in [-0.1, -0.05) is 18.2 Å². The molecule has 2 aromatic rings. The molecule has 1 aliphatic heterocycles. The molecule has 26 heavy (non-hydrogen) atoms. The summed E-state index contributed by atoms with van der Waals surface area (Å²) in [6, 6.07) is 13.1. The first kappa shape index (κ1) is 17.4. The number of carbonyl (C=O) groups excluding carboxylic acids is 1. The van der Waals surface area contributed by atoms with E-state index in [2.05, 4.69) is 6.07 Å². The summed E-state index contributed by atoms with van der Waals surface area (Å²) in [6.45, 7) is 3.58. The first-order valence-electron chi connectivity index (χ1n) is 8.16. The third-order valence-corrected chi connectivity index (χ3v) is 4.13. The van der Waals surface area contributed by atoms with Crippen molar-refractivity contribution in [2.75, 3.05) is 6.61 Å². The van der Waals surface area contributed by atoms with E-state index in [1.54, 1.807) is 26.2 Å². The van der Waals surface area contributed by atoms with Gasteiger partial charge < -0.3 is 19.6 Å². The van der Waals surface area contributed by atoms with Crippen molar-refractivity contribution in [1.82, 2.24) is 0 Å². The Morgan fingerprint density at radius 3 is 2.81 bits per heavy atom. The van der Waals surface area contributed by atoms with Crippen molar-refractivity contribution >= 4 is 5.97 Å². The molecule has 0 saturated carbocycles. The molecule has 0 aliphatic carbocycles. The number of rotatable bonds is 4. The number of furan rings is 1. The molecule has 1 aromatic heterocycles. The second-order valence-corrected chi connectivity index (χ2v) is 5.72. The van der Waals surface area contributed by atoms with Gasteiger partial charge in [-0.05, 0) is 37.6 Å². The average Bonchev–Trinajstić information content (AvgIpc) is 3.16. The Hall–Kier alpha value is -3.46. The number of esters is 1. The number of nitrogens with zero attached hydrogens (tertiary/aromatic N) is 1. The lowest BCUT2D eigenvalue weighted by Crippen LogP contribution is -2.25. The van der Waals surface area contributed by atoms with Crippen molar-refractivity contribution in [2.45, 2.75) is 19.8 Å². The topological polar surface area (TPSA) is 98.5 Å². The smallest absolute Gasteiger partial charge is 0.338 e. The van der Waals surface area contributed by atoms with E-state index in [0.717, 1.165) is 11.1 Å². The van der Waals surface area contributed by atoms with E-state index >= 15 is 0 Å². The van der Waals surface area contributed by atoms with E-state index in [-0.39, 0.29) is 23.6 Å². The molecule has 0 bridgehead atoms. The lowest BCUT2D eigenvalue weighted by Gasteiger charge is -2.27. The zero-order valence-corrected chi connectivity index (χ0v) is 14.5. The Balaban J connectivity index is 2.14. The first-order valence-corrected chi connectivity index (χ1v) is 8.16. The predicted molar refractivity (Wildman–Crippen MR) is 94.1 cm³/mol. The SMILES string of the molecule is CCOC(=O)C1=C(C)OC(N)=C(C#N)C1c1cccc(-c2ccco2)c1. The zero-order valence-electron chi connectivity index (χ0n) is 14.5. The van der Waals surface area contributed by atoms with Crippen LogP contribution in [0.15, 0.2) is 69.9 Å². The molecule has 0 amide bonds. The number of carbonyl (C=O) groups is 1. The van der Waals surface area contributed by atoms with Crippen molar-refractivity contribution in [3.63, 3.8) is 0 Å². The van der Waals surface area contributed by atoms with E-state index in [1.807, 2.05) is 30.3 Å². The molecule has 1 aliphatic rings. The molecule has 0 radical (unpaired) electrons. The van der Waals surface area contributed by atoms with Gasteiger partial charge in [-0.15, -0.1) is 0 Å². The Morgan fingerprint density at radius 2 is 2.15 bits per heavy atom. The highest BCUT2D eigenvalue weighted by molar-refractivity contribution is 5.92. The second-order valence-electron chi connectivity index (χ2n) is 5.72. The van der Waals surface area contributed by atoms with Crippen LogP contribution < -0.4 is 5.73 Å². The van der Waals surface area contributed by atoms with E-state index in [4.69, 9.17) is 19.6 Å². The quantitative estimate of drug-likeness (QED) is 0.846. The second kappa shape index (κ2) is 7.19. The van der Waals surface area contributed by atoms with Gasteiger partial charge >= 0.3 is 5.97 Å². The van der Waals surface area contributed by atoms with Crippen LogP contribution in [-0.4, -0.2) is 12.6 Å². The fraction of sp³-hybridized carbons (Fsp3) is 0.200. The van der Waals surface area contributed by atoms with Gasteiger partial charge in [0.15, 0.2) is 0 Å². The largest absolute Gasteiger partial charge is 0.464 e. The van der Waals surface area contributed by atoms with Crippen LogP contribution >= 0.6 is 0 Å². The Kier molecular flexibility index (Phi) is 4.81. The number of allylic oxidation sites excluding steroid dienone is 2. The molecule has 0 spiro atoms. The van der Waals surface area contributed by atoms with Crippen molar-refractivity contribution in [3.05, 3.63) is 71.0 Å². The minimum atomic E-state index is -0.664. The lowest BCUT2D eigenvalue weighted by molar-refractivity contribution is -0.139.